The number of allylic oxidation sites excluding steroid dienone is 3. The van der Waals surface area contributed by atoms with Crippen LogP contribution in [0.3, 0.4) is 0 Å². The summed E-state index contributed by atoms with van der Waals surface area (Å²) >= 11 is 0. The molecule has 1 amide bonds. The van der Waals surface area contributed by atoms with Gasteiger partial charge in [-0.05, 0) is 151 Å². The number of hydrogen-bond acceptors (Lipinski definition) is 4. The van der Waals surface area contributed by atoms with Crippen LogP contribution in [-0.4, -0.2) is 47.7 Å². The minimum Gasteiger partial charge on any atom is -0.480 e. The number of carbonyl (C=O) groups is 3. The van der Waals surface area contributed by atoms with Crippen LogP contribution in [0.5, 0.6) is 0 Å². The highest BCUT2D eigenvalue weighted by molar-refractivity contribution is 5.88. The number of nitrogens with one attached hydrogen (secondary N) is 1. The van der Waals surface area contributed by atoms with E-state index in [1.807, 2.05) is 47.4 Å². The molecule has 4 fully saturated rings. The van der Waals surface area contributed by atoms with E-state index in [9.17, 15) is 24.6 Å². The number of amides is 1. The van der Waals surface area contributed by atoms with Gasteiger partial charge in [0.2, 0.25) is 5.91 Å². The fraction of sp³-hybridized carbons (Fsp3) is 0.596. The number of benzene rings is 2. The Balaban J connectivity index is 1.15. The molecule has 0 heterocycles. The Morgan fingerprint density at radius 1 is 0.833 bits per heavy atom. The van der Waals surface area contributed by atoms with Gasteiger partial charge in [0, 0.05) is 18.8 Å². The summed E-state index contributed by atoms with van der Waals surface area (Å²) in [5.41, 5.74) is 4.78. The lowest BCUT2D eigenvalue weighted by molar-refractivity contribution is -0.225. The first-order chi connectivity index (χ1) is 25.5. The lowest BCUT2D eigenvalue weighted by atomic mass is 9.32. The molecule has 7 nitrogen and oxygen atoms in total. The average Bonchev–Trinajstić information content (AvgIpc) is 3.53. The number of carbonyl (C=O) groups excluding carboxylic acids is 1. The van der Waals surface area contributed by atoms with E-state index in [1.54, 1.807) is 12.1 Å². The third kappa shape index (κ3) is 5.85. The van der Waals surface area contributed by atoms with Gasteiger partial charge in [-0.15, -0.1) is 0 Å². The van der Waals surface area contributed by atoms with Gasteiger partial charge in [-0.1, -0.05) is 83.2 Å². The van der Waals surface area contributed by atoms with E-state index >= 15 is 0 Å². The zero-order chi connectivity index (χ0) is 38.8. The number of aliphatic carboxylic acids is 1. The van der Waals surface area contributed by atoms with E-state index < -0.39 is 17.4 Å². The Morgan fingerprint density at radius 3 is 2.19 bits per heavy atom. The van der Waals surface area contributed by atoms with Crippen molar-refractivity contribution in [2.24, 2.45) is 56.7 Å². The molecule has 0 spiro atoms. The molecule has 0 radical (unpaired) electrons. The second kappa shape index (κ2) is 13.7. The SMILES string of the molecule is C=C(C)[C@@H]1CC[C@]2(C(=O)NCCN(CC(=O)O)c3ccccc3)CC[C@]3(C)[C@H](CC[C@@H]4[C@@]5(C)CC=C(c6ccc(C(=O)O)cc6)C(C)(C)[C@@H]5CC[C@]43C)[C@@H]12. The third-order valence-corrected chi connectivity index (χ3v) is 16.7. The third-order valence-electron chi connectivity index (χ3n) is 16.7. The van der Waals surface area contributed by atoms with Crippen LogP contribution in [0.15, 0.2) is 72.8 Å². The van der Waals surface area contributed by atoms with Gasteiger partial charge < -0.3 is 20.4 Å². The number of rotatable bonds is 10. The van der Waals surface area contributed by atoms with E-state index in [0.717, 1.165) is 56.2 Å². The number of para-hydroxylation sites is 1. The highest BCUT2D eigenvalue weighted by Crippen LogP contribution is 2.77. The van der Waals surface area contributed by atoms with Gasteiger partial charge in [-0.2, -0.15) is 0 Å². The molecule has 54 heavy (non-hydrogen) atoms. The molecular formula is C47H62N2O5. The first kappa shape index (κ1) is 38.4. The smallest absolute Gasteiger partial charge is 0.335 e. The van der Waals surface area contributed by atoms with Crippen molar-refractivity contribution < 1.29 is 24.6 Å². The van der Waals surface area contributed by atoms with Crippen molar-refractivity contribution in [2.75, 3.05) is 24.5 Å². The number of fused-ring (bicyclic) bond motifs is 7. The van der Waals surface area contributed by atoms with Crippen LogP contribution in [0.25, 0.3) is 5.57 Å². The van der Waals surface area contributed by atoms with Crippen LogP contribution in [-0.2, 0) is 9.59 Å². The van der Waals surface area contributed by atoms with Gasteiger partial charge in [0.05, 0.1) is 11.0 Å². The molecule has 0 bridgehead atoms. The van der Waals surface area contributed by atoms with Gasteiger partial charge in [-0.3, -0.25) is 9.59 Å². The van der Waals surface area contributed by atoms with Crippen LogP contribution < -0.4 is 10.2 Å². The summed E-state index contributed by atoms with van der Waals surface area (Å²) in [6.07, 6.45) is 12.0. The number of hydrogen-bond donors (Lipinski definition) is 3. The Morgan fingerprint density at radius 2 is 1.54 bits per heavy atom. The van der Waals surface area contributed by atoms with Gasteiger partial charge in [0.15, 0.2) is 0 Å². The zero-order valence-corrected chi connectivity index (χ0v) is 33.4. The topological polar surface area (TPSA) is 107 Å². The molecular weight excluding hydrogens is 673 g/mol. The van der Waals surface area contributed by atoms with Crippen molar-refractivity contribution in [3.63, 3.8) is 0 Å². The van der Waals surface area contributed by atoms with Crippen molar-refractivity contribution in [3.05, 3.63) is 84.0 Å². The Hall–Kier alpha value is -3.87. The average molecular weight is 735 g/mol. The van der Waals surface area contributed by atoms with Crippen LogP contribution in [0.4, 0.5) is 5.69 Å². The van der Waals surface area contributed by atoms with Crippen LogP contribution >= 0.6 is 0 Å². The largest absolute Gasteiger partial charge is 0.480 e. The van der Waals surface area contributed by atoms with Crippen molar-refractivity contribution in [1.29, 1.82) is 0 Å². The van der Waals surface area contributed by atoms with Crippen LogP contribution in [0.1, 0.15) is 115 Å². The van der Waals surface area contributed by atoms with E-state index in [1.165, 1.54) is 24.0 Å². The van der Waals surface area contributed by atoms with Crippen molar-refractivity contribution in [3.8, 4) is 0 Å². The second-order valence-corrected chi connectivity index (χ2v) is 19.2. The molecule has 0 saturated heterocycles. The predicted molar refractivity (Wildman–Crippen MR) is 215 cm³/mol. The summed E-state index contributed by atoms with van der Waals surface area (Å²) in [4.78, 5) is 39.8. The first-order valence-electron chi connectivity index (χ1n) is 20.5. The maximum Gasteiger partial charge on any atom is 0.335 e. The summed E-state index contributed by atoms with van der Waals surface area (Å²) in [6.45, 7) is 20.1. The second-order valence-electron chi connectivity index (χ2n) is 19.2. The zero-order valence-electron chi connectivity index (χ0n) is 33.4. The summed E-state index contributed by atoms with van der Waals surface area (Å²) in [5.74, 6) is 0.484. The van der Waals surface area contributed by atoms with Crippen molar-refractivity contribution in [2.45, 2.75) is 99.3 Å². The molecule has 2 aromatic rings. The summed E-state index contributed by atoms with van der Waals surface area (Å²) in [6, 6.07) is 17.1. The lowest BCUT2D eigenvalue weighted by Gasteiger charge is -2.72. The highest BCUT2D eigenvalue weighted by atomic mass is 16.4. The summed E-state index contributed by atoms with van der Waals surface area (Å²) in [7, 11) is 0. The maximum absolute atomic E-state index is 14.7. The lowest BCUT2D eigenvalue weighted by Crippen LogP contribution is -2.66. The summed E-state index contributed by atoms with van der Waals surface area (Å²) < 4.78 is 0. The Bertz CT molecular complexity index is 1830. The minimum absolute atomic E-state index is 0.0479. The van der Waals surface area contributed by atoms with E-state index in [2.05, 4.69) is 59.5 Å². The molecule has 4 saturated carbocycles. The van der Waals surface area contributed by atoms with E-state index in [4.69, 9.17) is 0 Å². The van der Waals surface area contributed by atoms with E-state index in [0.29, 0.717) is 42.3 Å². The fourth-order valence-electron chi connectivity index (χ4n) is 14.0. The molecule has 5 aliphatic carbocycles. The number of anilines is 1. The molecule has 5 aliphatic rings. The molecule has 0 aromatic heterocycles. The number of carboxylic acid groups (broad SMARTS) is 2. The molecule has 290 valence electrons. The fourth-order valence-corrected chi connectivity index (χ4v) is 14.0. The van der Waals surface area contributed by atoms with Gasteiger partial charge in [-0.25, -0.2) is 4.79 Å². The van der Waals surface area contributed by atoms with Gasteiger partial charge >= 0.3 is 11.9 Å². The first-order valence-corrected chi connectivity index (χ1v) is 20.5. The van der Waals surface area contributed by atoms with E-state index in [-0.39, 0.29) is 40.0 Å². The molecule has 7 rings (SSSR count). The van der Waals surface area contributed by atoms with Gasteiger partial charge in [0.1, 0.15) is 6.54 Å². The monoisotopic (exact) mass is 734 g/mol. The van der Waals surface area contributed by atoms with Crippen molar-refractivity contribution in [1.82, 2.24) is 5.32 Å². The standard InChI is InChI=1S/C47H62N2O5/c1-30(2)34-19-24-47(42(54)48-27-28-49(29-39(50)51)33-11-9-8-10-12-33)26-25-45(6)36(40(34)47)17-18-38-44(5)22-20-35(31-13-15-32(16-14-31)41(52)53)43(3,4)37(44)21-23-46(38,45)7/h8-16,20,34,36-38,40H,1,17-19,21-29H2,2-7H3,(H,48,54)(H,50,51)(H,52,53)/t34-,36+,37-,38+,40+,44-,45+,46+,47-/m0/s1. The minimum atomic E-state index is -0.891. The highest BCUT2D eigenvalue weighted by Gasteiger charge is 2.71. The molecule has 7 heteroatoms. The van der Waals surface area contributed by atoms with Crippen LogP contribution in [0, 0.1) is 56.7 Å². The Kier molecular flexibility index (Phi) is 9.75. The van der Waals surface area contributed by atoms with Crippen LogP contribution in [0.2, 0.25) is 0 Å². The molecule has 3 N–H and O–H groups in total. The Labute approximate surface area is 322 Å². The molecule has 9 atom stereocenters. The molecule has 2 aromatic carbocycles. The number of carboxylic acids is 2. The molecule has 0 aliphatic heterocycles. The normalized spacial score (nSPS) is 36.3. The quantitative estimate of drug-likeness (QED) is 0.210. The van der Waals surface area contributed by atoms with Crippen molar-refractivity contribution >= 4 is 29.1 Å². The maximum atomic E-state index is 14.7. The predicted octanol–water partition coefficient (Wildman–Crippen LogP) is 9.74. The molecule has 0 unspecified atom stereocenters. The summed E-state index contributed by atoms with van der Waals surface area (Å²) in [5, 5.41) is 22.5. The van der Waals surface area contributed by atoms with Gasteiger partial charge in [0.25, 0.3) is 0 Å². The number of nitrogens with zero attached hydrogens (tertiary/aromatic N) is 1. The number of aromatic carboxylic acids is 1.